The van der Waals surface area contributed by atoms with Crippen LogP contribution in [-0.4, -0.2) is 0 Å². The molecule has 0 aromatic heterocycles. The lowest BCUT2D eigenvalue weighted by molar-refractivity contribution is 1.39. The molecule has 0 heterocycles. The van der Waals surface area contributed by atoms with Gasteiger partial charge >= 0.3 is 0 Å². The Labute approximate surface area is 131 Å². The third kappa shape index (κ3) is 1.92. The summed E-state index contributed by atoms with van der Waals surface area (Å²) in [7, 11) is 0. The first-order valence-electron chi connectivity index (χ1n) is 7.73. The molecule has 0 aliphatic rings. The van der Waals surface area contributed by atoms with Gasteiger partial charge in [-0.25, -0.2) is 0 Å². The fraction of sp³-hybridized carbons (Fsp3) is 0.0909. The van der Waals surface area contributed by atoms with Gasteiger partial charge < -0.3 is 0 Å². The van der Waals surface area contributed by atoms with E-state index in [0.29, 0.717) is 0 Å². The van der Waals surface area contributed by atoms with Gasteiger partial charge in [0.2, 0.25) is 0 Å². The molecule has 4 rings (SSSR count). The molecule has 0 nitrogen and oxygen atoms in total. The number of hydrogen-bond acceptors (Lipinski definition) is 0. The summed E-state index contributed by atoms with van der Waals surface area (Å²) in [6, 6.07) is 26.3. The maximum atomic E-state index is 2.34. The average Bonchev–Trinajstić information content (AvgIpc) is 2.55. The Morgan fingerprint density at radius 1 is 0.545 bits per heavy atom. The molecule has 0 saturated heterocycles. The summed E-state index contributed by atoms with van der Waals surface area (Å²) >= 11 is 0. The molecule has 22 heavy (non-hydrogen) atoms. The first-order chi connectivity index (χ1) is 10.8. The third-order valence-electron chi connectivity index (χ3n) is 4.52. The minimum Gasteiger partial charge on any atom is -0.0617 e. The standard InChI is InChI=1S/C22H18/c1-15-8-7-9-16(2)22(15)21-14-17-10-3-4-11-18(17)19-12-5-6-13-20(19)21/h3-14H,1-2H3. The molecule has 0 saturated carbocycles. The van der Waals surface area contributed by atoms with E-state index in [1.165, 1.54) is 43.8 Å². The van der Waals surface area contributed by atoms with Gasteiger partial charge in [-0.2, -0.15) is 0 Å². The zero-order valence-corrected chi connectivity index (χ0v) is 12.9. The number of hydrogen-bond donors (Lipinski definition) is 0. The number of fused-ring (bicyclic) bond motifs is 3. The molecule has 0 bridgehead atoms. The van der Waals surface area contributed by atoms with Crippen LogP contribution in [0.5, 0.6) is 0 Å². The van der Waals surface area contributed by atoms with Crippen molar-refractivity contribution in [2.24, 2.45) is 0 Å². The highest BCUT2D eigenvalue weighted by Gasteiger charge is 2.11. The van der Waals surface area contributed by atoms with E-state index in [4.69, 9.17) is 0 Å². The van der Waals surface area contributed by atoms with Crippen LogP contribution < -0.4 is 0 Å². The second kappa shape index (κ2) is 4.99. The van der Waals surface area contributed by atoms with Crippen LogP contribution in [0.1, 0.15) is 11.1 Å². The zero-order chi connectivity index (χ0) is 15.1. The summed E-state index contributed by atoms with van der Waals surface area (Å²) in [5.41, 5.74) is 5.37. The Morgan fingerprint density at radius 3 is 1.86 bits per heavy atom. The molecule has 4 aromatic carbocycles. The number of benzene rings is 4. The van der Waals surface area contributed by atoms with Gasteiger partial charge in [0.05, 0.1) is 0 Å². The van der Waals surface area contributed by atoms with E-state index in [1.807, 2.05) is 0 Å². The highest BCUT2D eigenvalue weighted by Crippen LogP contribution is 2.37. The lowest BCUT2D eigenvalue weighted by Crippen LogP contribution is -1.90. The topological polar surface area (TPSA) is 0 Å². The van der Waals surface area contributed by atoms with Gasteiger partial charge in [0, 0.05) is 0 Å². The van der Waals surface area contributed by atoms with E-state index < -0.39 is 0 Å². The summed E-state index contributed by atoms with van der Waals surface area (Å²) < 4.78 is 0. The summed E-state index contributed by atoms with van der Waals surface area (Å²) in [6.07, 6.45) is 0. The molecule has 106 valence electrons. The Hall–Kier alpha value is -2.60. The molecular formula is C22H18. The fourth-order valence-corrected chi connectivity index (χ4v) is 3.50. The van der Waals surface area contributed by atoms with Crippen molar-refractivity contribution in [2.75, 3.05) is 0 Å². The molecule has 4 aromatic rings. The molecular weight excluding hydrogens is 264 g/mol. The molecule has 0 aliphatic heterocycles. The van der Waals surface area contributed by atoms with Crippen LogP contribution >= 0.6 is 0 Å². The summed E-state index contributed by atoms with van der Waals surface area (Å²) in [4.78, 5) is 0. The van der Waals surface area contributed by atoms with Gasteiger partial charge in [0.1, 0.15) is 0 Å². The molecule has 0 N–H and O–H groups in total. The summed E-state index contributed by atoms with van der Waals surface area (Å²) in [5.74, 6) is 0. The van der Waals surface area contributed by atoms with Crippen LogP contribution in [0.25, 0.3) is 32.7 Å². The van der Waals surface area contributed by atoms with Gasteiger partial charge in [-0.15, -0.1) is 0 Å². The smallest absolute Gasteiger partial charge is 0.00937 e. The normalized spacial score (nSPS) is 11.2. The molecule has 0 unspecified atom stereocenters. The van der Waals surface area contributed by atoms with Crippen LogP contribution in [0.15, 0.2) is 72.8 Å². The van der Waals surface area contributed by atoms with Crippen LogP contribution in [0, 0.1) is 13.8 Å². The van der Waals surface area contributed by atoms with Crippen LogP contribution in [0.3, 0.4) is 0 Å². The second-order valence-electron chi connectivity index (χ2n) is 5.96. The fourth-order valence-electron chi connectivity index (χ4n) is 3.50. The molecule has 0 fully saturated rings. The molecule has 0 amide bonds. The maximum absolute atomic E-state index is 2.34. The van der Waals surface area contributed by atoms with E-state index in [-0.39, 0.29) is 0 Å². The van der Waals surface area contributed by atoms with Crippen molar-refractivity contribution in [3.63, 3.8) is 0 Å². The Kier molecular flexibility index (Phi) is 2.97. The summed E-state index contributed by atoms with van der Waals surface area (Å²) in [6.45, 7) is 4.40. The van der Waals surface area contributed by atoms with E-state index in [1.54, 1.807) is 0 Å². The average molecular weight is 282 g/mol. The van der Waals surface area contributed by atoms with Gasteiger partial charge in [-0.1, -0.05) is 66.7 Å². The molecule has 0 aliphatic carbocycles. The monoisotopic (exact) mass is 282 g/mol. The number of aryl methyl sites for hydroxylation is 2. The Morgan fingerprint density at radius 2 is 1.14 bits per heavy atom. The van der Waals surface area contributed by atoms with Crippen LogP contribution in [-0.2, 0) is 0 Å². The van der Waals surface area contributed by atoms with Crippen LogP contribution in [0.2, 0.25) is 0 Å². The first kappa shape index (κ1) is 13.1. The van der Waals surface area contributed by atoms with E-state index in [0.717, 1.165) is 0 Å². The van der Waals surface area contributed by atoms with Gasteiger partial charge in [-0.3, -0.25) is 0 Å². The van der Waals surface area contributed by atoms with Crippen molar-refractivity contribution in [1.29, 1.82) is 0 Å². The van der Waals surface area contributed by atoms with Crippen molar-refractivity contribution in [1.82, 2.24) is 0 Å². The van der Waals surface area contributed by atoms with E-state index >= 15 is 0 Å². The van der Waals surface area contributed by atoms with Crippen molar-refractivity contribution in [3.05, 3.63) is 83.9 Å². The first-order valence-corrected chi connectivity index (χ1v) is 7.73. The van der Waals surface area contributed by atoms with Gasteiger partial charge in [0.15, 0.2) is 0 Å². The van der Waals surface area contributed by atoms with Gasteiger partial charge in [0.25, 0.3) is 0 Å². The van der Waals surface area contributed by atoms with Crippen molar-refractivity contribution in [2.45, 2.75) is 13.8 Å². The maximum Gasteiger partial charge on any atom is -0.00937 e. The molecule has 0 heteroatoms. The van der Waals surface area contributed by atoms with Crippen LogP contribution in [0.4, 0.5) is 0 Å². The largest absolute Gasteiger partial charge is 0.0617 e. The van der Waals surface area contributed by atoms with Crippen molar-refractivity contribution in [3.8, 4) is 11.1 Å². The predicted molar refractivity (Wildman–Crippen MR) is 96.4 cm³/mol. The van der Waals surface area contributed by atoms with Gasteiger partial charge in [-0.05, 0) is 63.7 Å². The third-order valence-corrected chi connectivity index (χ3v) is 4.52. The second-order valence-corrected chi connectivity index (χ2v) is 5.96. The molecule has 0 spiro atoms. The summed E-state index contributed by atoms with van der Waals surface area (Å²) in [5, 5.41) is 5.30. The highest BCUT2D eigenvalue weighted by atomic mass is 14.1. The zero-order valence-electron chi connectivity index (χ0n) is 12.9. The lowest BCUT2D eigenvalue weighted by Gasteiger charge is -2.15. The molecule has 0 atom stereocenters. The predicted octanol–water partition coefficient (Wildman–Crippen LogP) is 6.28. The molecule has 0 radical (unpaired) electrons. The quantitative estimate of drug-likeness (QED) is 0.360. The SMILES string of the molecule is Cc1cccc(C)c1-c1cc2ccccc2c2ccccc12. The highest BCUT2D eigenvalue weighted by molar-refractivity contribution is 6.14. The van der Waals surface area contributed by atoms with E-state index in [2.05, 4.69) is 86.6 Å². The Bertz CT molecular complexity index is 973. The minimum absolute atomic E-state index is 1.30. The number of rotatable bonds is 1. The minimum atomic E-state index is 1.30. The van der Waals surface area contributed by atoms with E-state index in [9.17, 15) is 0 Å². The lowest BCUT2D eigenvalue weighted by atomic mass is 9.89. The van der Waals surface area contributed by atoms with Crippen molar-refractivity contribution >= 4 is 21.5 Å². The Balaban J connectivity index is 2.21. The van der Waals surface area contributed by atoms with Crippen molar-refractivity contribution < 1.29 is 0 Å².